The van der Waals surface area contributed by atoms with E-state index in [-0.39, 0.29) is 0 Å². The lowest BCUT2D eigenvalue weighted by Crippen LogP contribution is -2.28. The first-order valence-corrected chi connectivity index (χ1v) is 8.76. The number of hydrogen-bond acceptors (Lipinski definition) is 2. The van der Waals surface area contributed by atoms with Gasteiger partial charge in [0.15, 0.2) is 0 Å². The maximum atomic E-state index is 4.82. The number of imidazole rings is 1. The molecule has 0 atom stereocenters. The minimum absolute atomic E-state index is 1.10. The van der Waals surface area contributed by atoms with Gasteiger partial charge in [0.05, 0.1) is 5.69 Å². The van der Waals surface area contributed by atoms with E-state index in [1.807, 2.05) is 0 Å². The summed E-state index contributed by atoms with van der Waals surface area (Å²) in [6.45, 7) is 4.75. The molecule has 1 saturated heterocycles. The van der Waals surface area contributed by atoms with Crippen molar-refractivity contribution >= 4 is 0 Å². The summed E-state index contributed by atoms with van der Waals surface area (Å²) in [5.74, 6) is 1.26. The lowest BCUT2D eigenvalue weighted by atomic mass is 10.1. The molecule has 2 aliphatic heterocycles. The van der Waals surface area contributed by atoms with Gasteiger partial charge in [-0.1, -0.05) is 30.7 Å². The van der Waals surface area contributed by atoms with E-state index in [0.29, 0.717) is 0 Å². The lowest BCUT2D eigenvalue weighted by molar-refractivity contribution is 0.221. The van der Waals surface area contributed by atoms with Crippen molar-refractivity contribution in [1.82, 2.24) is 14.5 Å². The van der Waals surface area contributed by atoms with E-state index in [2.05, 4.69) is 39.9 Å². The molecule has 2 aliphatic rings. The molecule has 22 heavy (non-hydrogen) atoms. The zero-order valence-electron chi connectivity index (χ0n) is 13.3. The topological polar surface area (TPSA) is 21.1 Å². The van der Waals surface area contributed by atoms with Gasteiger partial charge in [-0.15, -0.1) is 0 Å². The van der Waals surface area contributed by atoms with E-state index in [1.165, 1.54) is 62.1 Å². The summed E-state index contributed by atoms with van der Waals surface area (Å²) in [5, 5.41) is 0. The molecule has 0 saturated carbocycles. The van der Waals surface area contributed by atoms with Gasteiger partial charge < -0.3 is 4.57 Å². The molecule has 0 amide bonds. The number of piperidine rings is 1. The average Bonchev–Trinajstić information content (AvgIpc) is 3.00. The van der Waals surface area contributed by atoms with Gasteiger partial charge in [-0.3, -0.25) is 4.90 Å². The van der Waals surface area contributed by atoms with E-state index < -0.39 is 0 Å². The molecular formula is C19H25N3. The van der Waals surface area contributed by atoms with Crippen molar-refractivity contribution in [3.8, 4) is 11.3 Å². The molecule has 1 aromatic heterocycles. The molecule has 0 radical (unpaired) electrons. The summed E-state index contributed by atoms with van der Waals surface area (Å²) in [6.07, 6.45) is 10.1. The Kier molecular flexibility index (Phi) is 3.98. The summed E-state index contributed by atoms with van der Waals surface area (Å²) in [6, 6.07) is 9.05. The van der Waals surface area contributed by atoms with E-state index in [4.69, 9.17) is 4.98 Å². The van der Waals surface area contributed by atoms with Crippen molar-refractivity contribution in [2.75, 3.05) is 13.1 Å². The molecular weight excluding hydrogens is 270 g/mol. The number of benzene rings is 1. The Labute approximate surface area is 133 Å². The van der Waals surface area contributed by atoms with Crippen LogP contribution in [0.5, 0.6) is 0 Å². The first kappa shape index (κ1) is 14.0. The van der Waals surface area contributed by atoms with Gasteiger partial charge in [0.2, 0.25) is 0 Å². The molecule has 116 valence electrons. The van der Waals surface area contributed by atoms with Gasteiger partial charge in [0.25, 0.3) is 0 Å². The normalized spacial score (nSPS) is 19.1. The fourth-order valence-electron chi connectivity index (χ4n) is 3.71. The summed E-state index contributed by atoms with van der Waals surface area (Å²) < 4.78 is 2.33. The minimum Gasteiger partial charge on any atom is -0.334 e. The number of rotatable bonds is 3. The lowest BCUT2D eigenvalue weighted by Gasteiger charge is -2.26. The van der Waals surface area contributed by atoms with Crippen LogP contribution in [0.2, 0.25) is 0 Å². The Morgan fingerprint density at radius 3 is 2.41 bits per heavy atom. The van der Waals surface area contributed by atoms with Gasteiger partial charge in [-0.2, -0.15) is 0 Å². The molecule has 3 heterocycles. The van der Waals surface area contributed by atoms with E-state index in [1.54, 1.807) is 0 Å². The predicted octanol–water partition coefficient (Wildman–Crippen LogP) is 3.87. The first-order valence-electron chi connectivity index (χ1n) is 8.76. The molecule has 3 nitrogen and oxygen atoms in total. The fraction of sp³-hybridized carbons (Fsp3) is 0.526. The number of aromatic nitrogens is 2. The van der Waals surface area contributed by atoms with Crippen molar-refractivity contribution in [1.29, 1.82) is 0 Å². The second-order valence-electron chi connectivity index (χ2n) is 6.73. The summed E-state index contributed by atoms with van der Waals surface area (Å²) in [7, 11) is 0. The highest BCUT2D eigenvalue weighted by Gasteiger charge is 2.14. The maximum Gasteiger partial charge on any atom is 0.109 e. The Morgan fingerprint density at radius 2 is 1.64 bits per heavy atom. The smallest absolute Gasteiger partial charge is 0.109 e. The van der Waals surface area contributed by atoms with Crippen LogP contribution in [0.3, 0.4) is 0 Å². The third-order valence-corrected chi connectivity index (χ3v) is 5.01. The Hall–Kier alpha value is -1.61. The summed E-state index contributed by atoms with van der Waals surface area (Å²) in [5.41, 5.74) is 3.82. The van der Waals surface area contributed by atoms with Crippen molar-refractivity contribution in [2.24, 2.45) is 0 Å². The van der Waals surface area contributed by atoms with Crippen LogP contribution in [0.1, 0.15) is 43.5 Å². The monoisotopic (exact) mass is 295 g/mol. The number of hydrogen-bond donors (Lipinski definition) is 0. The second-order valence-corrected chi connectivity index (χ2v) is 6.73. The summed E-state index contributed by atoms with van der Waals surface area (Å²) >= 11 is 0. The van der Waals surface area contributed by atoms with Crippen LogP contribution in [0.4, 0.5) is 0 Å². The average molecular weight is 295 g/mol. The molecule has 1 aromatic carbocycles. The largest absolute Gasteiger partial charge is 0.334 e. The Balaban J connectivity index is 1.48. The second kappa shape index (κ2) is 6.25. The predicted molar refractivity (Wildman–Crippen MR) is 89.7 cm³/mol. The van der Waals surface area contributed by atoms with Gasteiger partial charge in [0.1, 0.15) is 5.82 Å². The molecule has 0 unspecified atom stereocenters. The number of nitrogens with zero attached hydrogens (tertiary/aromatic N) is 3. The highest BCUT2D eigenvalue weighted by molar-refractivity contribution is 5.59. The van der Waals surface area contributed by atoms with Crippen LogP contribution in [0.15, 0.2) is 30.5 Å². The van der Waals surface area contributed by atoms with E-state index >= 15 is 0 Å². The molecule has 0 bridgehead atoms. The highest BCUT2D eigenvalue weighted by Crippen LogP contribution is 2.23. The minimum atomic E-state index is 1.10. The van der Waals surface area contributed by atoms with Crippen LogP contribution in [0, 0.1) is 0 Å². The van der Waals surface area contributed by atoms with E-state index in [0.717, 1.165) is 25.2 Å². The van der Waals surface area contributed by atoms with Crippen molar-refractivity contribution < 1.29 is 0 Å². The van der Waals surface area contributed by atoms with Crippen molar-refractivity contribution in [3.05, 3.63) is 41.9 Å². The third-order valence-electron chi connectivity index (χ3n) is 5.01. The standard InChI is InChI=1S/C19H25N3/c1-3-11-21(12-4-1)14-16-7-9-17(10-8-16)18-15-22-13-5-2-6-19(22)20-18/h7-10,15H,1-6,11-14H2. The van der Waals surface area contributed by atoms with Crippen molar-refractivity contribution in [2.45, 2.75) is 51.6 Å². The molecule has 4 rings (SSSR count). The number of likely N-dealkylation sites (tertiary alicyclic amines) is 1. The SMILES string of the molecule is c1cc(-c2cn3c(n2)CCCC3)ccc1CN1CCCCC1. The number of fused-ring (bicyclic) bond motifs is 1. The van der Waals surface area contributed by atoms with Crippen LogP contribution >= 0.6 is 0 Å². The molecule has 3 heteroatoms. The Bertz CT molecular complexity index is 597. The maximum absolute atomic E-state index is 4.82. The summed E-state index contributed by atoms with van der Waals surface area (Å²) in [4.78, 5) is 7.40. The zero-order chi connectivity index (χ0) is 14.8. The highest BCUT2D eigenvalue weighted by atomic mass is 15.1. The van der Waals surface area contributed by atoms with Crippen LogP contribution < -0.4 is 0 Å². The van der Waals surface area contributed by atoms with Crippen LogP contribution in [-0.2, 0) is 19.5 Å². The van der Waals surface area contributed by atoms with Crippen LogP contribution in [-0.4, -0.2) is 27.5 Å². The van der Waals surface area contributed by atoms with Crippen LogP contribution in [0.25, 0.3) is 11.3 Å². The van der Waals surface area contributed by atoms with Gasteiger partial charge in [0, 0.05) is 31.3 Å². The first-order chi connectivity index (χ1) is 10.9. The van der Waals surface area contributed by atoms with Gasteiger partial charge in [-0.25, -0.2) is 4.98 Å². The molecule has 0 spiro atoms. The third kappa shape index (κ3) is 2.95. The van der Waals surface area contributed by atoms with Crippen molar-refractivity contribution in [3.63, 3.8) is 0 Å². The molecule has 0 aliphatic carbocycles. The molecule has 0 N–H and O–H groups in total. The fourth-order valence-corrected chi connectivity index (χ4v) is 3.71. The van der Waals surface area contributed by atoms with Gasteiger partial charge >= 0.3 is 0 Å². The molecule has 1 fully saturated rings. The van der Waals surface area contributed by atoms with Gasteiger partial charge in [-0.05, 0) is 44.3 Å². The quantitative estimate of drug-likeness (QED) is 0.857. The zero-order valence-corrected chi connectivity index (χ0v) is 13.3. The number of aryl methyl sites for hydroxylation is 2. The Morgan fingerprint density at radius 1 is 0.864 bits per heavy atom. The molecule has 2 aromatic rings. The van der Waals surface area contributed by atoms with E-state index in [9.17, 15) is 0 Å².